The zero-order valence-corrected chi connectivity index (χ0v) is 15.5. The summed E-state index contributed by atoms with van der Waals surface area (Å²) in [6.07, 6.45) is 0.428. The van der Waals surface area contributed by atoms with Crippen molar-refractivity contribution in [2.75, 3.05) is 19.1 Å². The number of hydrogen-bond donors (Lipinski definition) is 1. The Bertz CT molecular complexity index is 995. The largest absolute Gasteiger partial charge is 0.454 e. The van der Waals surface area contributed by atoms with Gasteiger partial charge >= 0.3 is 0 Å². The lowest BCUT2D eigenvalue weighted by Crippen LogP contribution is -2.27. The summed E-state index contributed by atoms with van der Waals surface area (Å²) in [5.74, 6) is 1.29. The van der Waals surface area contributed by atoms with Crippen LogP contribution < -0.4 is 14.8 Å². The second-order valence-electron chi connectivity index (χ2n) is 5.92. The van der Waals surface area contributed by atoms with Crippen LogP contribution >= 0.6 is 11.8 Å². The third-order valence-electron chi connectivity index (χ3n) is 4.03. The number of nitrogens with one attached hydrogen (secondary N) is 1. The van der Waals surface area contributed by atoms with Gasteiger partial charge in [-0.15, -0.1) is 10.2 Å². The molecule has 28 heavy (non-hydrogen) atoms. The van der Waals surface area contributed by atoms with Gasteiger partial charge in [0.05, 0.1) is 5.75 Å². The molecule has 0 fully saturated rings. The molecule has 0 aliphatic carbocycles. The van der Waals surface area contributed by atoms with Crippen molar-refractivity contribution < 1.29 is 23.1 Å². The van der Waals surface area contributed by atoms with Gasteiger partial charge < -0.3 is 19.2 Å². The molecule has 1 amide bonds. The van der Waals surface area contributed by atoms with Crippen LogP contribution in [0.2, 0.25) is 0 Å². The average molecular weight is 401 g/mol. The van der Waals surface area contributed by atoms with Gasteiger partial charge in [-0.05, 0) is 36.2 Å². The second-order valence-corrected chi connectivity index (χ2v) is 6.85. The van der Waals surface area contributed by atoms with E-state index in [0.717, 1.165) is 11.8 Å². The molecule has 4 rings (SSSR count). The SMILES string of the molecule is O=C(CSc1nnc(-c2ccc3c(c2)OCO3)o1)NCCc1ccccc1F. The number of carbonyl (C=O) groups is 1. The molecule has 2 aromatic carbocycles. The van der Waals surface area contributed by atoms with E-state index in [1.165, 1.54) is 6.07 Å². The Hall–Kier alpha value is -3.07. The van der Waals surface area contributed by atoms with Gasteiger partial charge in [0.25, 0.3) is 5.22 Å². The molecule has 0 atom stereocenters. The Morgan fingerprint density at radius 2 is 2.00 bits per heavy atom. The van der Waals surface area contributed by atoms with Crippen LogP contribution in [0.25, 0.3) is 11.5 Å². The molecule has 7 nitrogen and oxygen atoms in total. The number of thioether (sulfide) groups is 1. The number of amides is 1. The first kappa shape index (κ1) is 18.3. The van der Waals surface area contributed by atoms with Crippen molar-refractivity contribution in [1.29, 1.82) is 0 Å². The van der Waals surface area contributed by atoms with E-state index in [1.807, 2.05) is 0 Å². The van der Waals surface area contributed by atoms with E-state index in [2.05, 4.69) is 15.5 Å². The molecule has 0 unspecified atom stereocenters. The summed E-state index contributed by atoms with van der Waals surface area (Å²) in [5.41, 5.74) is 1.28. The maximum Gasteiger partial charge on any atom is 0.277 e. The zero-order valence-electron chi connectivity index (χ0n) is 14.7. The number of hydrogen-bond acceptors (Lipinski definition) is 7. The van der Waals surface area contributed by atoms with Crippen LogP contribution in [0.15, 0.2) is 52.1 Å². The number of benzene rings is 2. The third kappa shape index (κ3) is 4.25. The smallest absolute Gasteiger partial charge is 0.277 e. The first-order chi connectivity index (χ1) is 13.7. The molecule has 0 spiro atoms. The molecule has 1 aromatic heterocycles. The fraction of sp³-hybridized carbons (Fsp3) is 0.211. The number of ether oxygens (including phenoxy) is 2. The molecule has 0 saturated carbocycles. The molecule has 144 valence electrons. The molecule has 2 heterocycles. The molecule has 0 bridgehead atoms. The van der Waals surface area contributed by atoms with Gasteiger partial charge in [0, 0.05) is 12.1 Å². The highest BCUT2D eigenvalue weighted by Crippen LogP contribution is 2.35. The van der Waals surface area contributed by atoms with Crippen molar-refractivity contribution in [2.45, 2.75) is 11.6 Å². The lowest BCUT2D eigenvalue weighted by molar-refractivity contribution is -0.118. The number of carbonyl (C=O) groups excluding carboxylic acids is 1. The van der Waals surface area contributed by atoms with Gasteiger partial charge in [0.2, 0.25) is 18.6 Å². The molecule has 1 aliphatic rings. The summed E-state index contributed by atoms with van der Waals surface area (Å²) in [4.78, 5) is 12.0. The van der Waals surface area contributed by atoms with Gasteiger partial charge in [-0.2, -0.15) is 0 Å². The minimum Gasteiger partial charge on any atom is -0.454 e. The summed E-state index contributed by atoms with van der Waals surface area (Å²) in [7, 11) is 0. The van der Waals surface area contributed by atoms with Crippen molar-refractivity contribution in [3.8, 4) is 23.0 Å². The van der Waals surface area contributed by atoms with Crippen molar-refractivity contribution in [2.24, 2.45) is 0 Å². The fourth-order valence-corrected chi connectivity index (χ4v) is 3.22. The molecular formula is C19H16FN3O4S. The summed E-state index contributed by atoms with van der Waals surface area (Å²) in [5, 5.41) is 11.0. The topological polar surface area (TPSA) is 86.5 Å². The highest BCUT2D eigenvalue weighted by Gasteiger charge is 2.17. The average Bonchev–Trinajstić information content (AvgIpc) is 3.36. The highest BCUT2D eigenvalue weighted by molar-refractivity contribution is 7.99. The molecular weight excluding hydrogens is 385 g/mol. The van der Waals surface area contributed by atoms with Gasteiger partial charge in [-0.25, -0.2) is 4.39 Å². The number of fused-ring (bicyclic) bond motifs is 1. The van der Waals surface area contributed by atoms with Crippen LogP contribution in [0, 0.1) is 5.82 Å². The van der Waals surface area contributed by atoms with Crippen LogP contribution in [0.3, 0.4) is 0 Å². The number of nitrogens with zero attached hydrogens (tertiary/aromatic N) is 2. The van der Waals surface area contributed by atoms with E-state index in [4.69, 9.17) is 13.9 Å². The van der Waals surface area contributed by atoms with Gasteiger partial charge in [-0.3, -0.25) is 4.79 Å². The Morgan fingerprint density at radius 1 is 1.14 bits per heavy atom. The Balaban J connectivity index is 1.26. The van der Waals surface area contributed by atoms with Gasteiger partial charge in [0.1, 0.15) is 5.82 Å². The zero-order chi connectivity index (χ0) is 19.3. The van der Waals surface area contributed by atoms with Crippen molar-refractivity contribution in [3.63, 3.8) is 0 Å². The number of rotatable bonds is 7. The second kappa shape index (κ2) is 8.30. The minimum absolute atomic E-state index is 0.125. The molecule has 0 saturated heterocycles. The normalized spacial score (nSPS) is 12.2. The van der Waals surface area contributed by atoms with Crippen LogP contribution in [-0.2, 0) is 11.2 Å². The quantitative estimate of drug-likeness (QED) is 0.609. The monoisotopic (exact) mass is 401 g/mol. The molecule has 3 aromatic rings. The summed E-state index contributed by atoms with van der Waals surface area (Å²) < 4.78 is 29.7. The lowest BCUT2D eigenvalue weighted by atomic mass is 10.1. The Labute approximate surface area is 164 Å². The van der Waals surface area contributed by atoms with Gasteiger partial charge in [0.15, 0.2) is 11.5 Å². The van der Waals surface area contributed by atoms with E-state index in [9.17, 15) is 9.18 Å². The van der Waals surface area contributed by atoms with E-state index < -0.39 is 0 Å². The Kier molecular flexibility index (Phi) is 5.43. The molecule has 1 N–H and O–H groups in total. The van der Waals surface area contributed by atoms with Crippen molar-refractivity contribution >= 4 is 17.7 Å². The van der Waals surface area contributed by atoms with Crippen LogP contribution in [0.1, 0.15) is 5.56 Å². The molecule has 0 radical (unpaired) electrons. The van der Waals surface area contributed by atoms with E-state index in [0.29, 0.717) is 41.5 Å². The van der Waals surface area contributed by atoms with E-state index >= 15 is 0 Å². The highest BCUT2D eigenvalue weighted by atomic mass is 32.2. The van der Waals surface area contributed by atoms with E-state index in [-0.39, 0.29) is 29.5 Å². The lowest BCUT2D eigenvalue weighted by Gasteiger charge is -2.05. The van der Waals surface area contributed by atoms with Crippen LogP contribution in [0.5, 0.6) is 11.5 Å². The first-order valence-electron chi connectivity index (χ1n) is 8.55. The molecule has 9 heteroatoms. The van der Waals surface area contributed by atoms with Crippen molar-refractivity contribution in [3.05, 3.63) is 53.8 Å². The third-order valence-corrected chi connectivity index (χ3v) is 4.85. The summed E-state index contributed by atoms with van der Waals surface area (Å²) >= 11 is 1.14. The number of halogens is 1. The van der Waals surface area contributed by atoms with Crippen LogP contribution in [-0.4, -0.2) is 35.2 Å². The maximum absolute atomic E-state index is 13.5. The predicted octanol–water partition coefficient (Wildman–Crippen LogP) is 3.06. The van der Waals surface area contributed by atoms with E-state index in [1.54, 1.807) is 36.4 Å². The molecule has 1 aliphatic heterocycles. The first-order valence-corrected chi connectivity index (χ1v) is 9.54. The predicted molar refractivity (Wildman–Crippen MR) is 99.7 cm³/mol. The fourth-order valence-electron chi connectivity index (χ4n) is 2.63. The maximum atomic E-state index is 13.5. The number of aromatic nitrogens is 2. The summed E-state index contributed by atoms with van der Waals surface area (Å²) in [6, 6.07) is 11.8. The standard InChI is InChI=1S/C19H16FN3O4S/c20-14-4-2-1-3-12(14)7-8-21-17(24)10-28-19-23-22-18(27-19)13-5-6-15-16(9-13)26-11-25-15/h1-6,9H,7-8,10-11H2,(H,21,24). The van der Waals surface area contributed by atoms with Crippen molar-refractivity contribution in [1.82, 2.24) is 15.5 Å². The van der Waals surface area contributed by atoms with Crippen LogP contribution in [0.4, 0.5) is 4.39 Å². The van der Waals surface area contributed by atoms with Gasteiger partial charge in [-0.1, -0.05) is 30.0 Å². The minimum atomic E-state index is -0.270. The summed E-state index contributed by atoms with van der Waals surface area (Å²) in [6.45, 7) is 0.544. The Morgan fingerprint density at radius 3 is 2.89 bits per heavy atom.